The minimum absolute atomic E-state index is 0.136. The maximum Gasteiger partial charge on any atom is 0.238 e. The van der Waals surface area contributed by atoms with Crippen LogP contribution in [0.4, 0.5) is 11.4 Å². The summed E-state index contributed by atoms with van der Waals surface area (Å²) in [5, 5.41) is 5.56. The van der Waals surface area contributed by atoms with Crippen LogP contribution in [0.15, 0.2) is 24.3 Å². The molecule has 2 aliphatic rings. The molecule has 7 nitrogen and oxygen atoms in total. The Bertz CT molecular complexity index is 747. The molecule has 1 aliphatic carbocycles. The lowest BCUT2D eigenvalue weighted by Gasteiger charge is -2.44. The molecule has 0 spiro atoms. The van der Waals surface area contributed by atoms with E-state index in [0.717, 1.165) is 19.4 Å². The van der Waals surface area contributed by atoms with Gasteiger partial charge < -0.3 is 15.5 Å². The molecule has 2 atom stereocenters. The molecule has 1 saturated heterocycles. The second-order valence-corrected chi connectivity index (χ2v) is 8.45. The number of hydrogen-bond donors (Lipinski definition) is 2. The monoisotopic (exact) mass is 414 g/mol. The Morgan fingerprint density at radius 1 is 0.967 bits per heavy atom. The molecule has 1 aliphatic heterocycles. The van der Waals surface area contributed by atoms with Crippen molar-refractivity contribution in [2.24, 2.45) is 5.92 Å². The molecule has 1 saturated carbocycles. The van der Waals surface area contributed by atoms with Crippen molar-refractivity contribution in [1.29, 1.82) is 0 Å². The van der Waals surface area contributed by atoms with E-state index in [1.807, 2.05) is 11.8 Å². The van der Waals surface area contributed by atoms with Crippen LogP contribution in [-0.2, 0) is 14.4 Å². The van der Waals surface area contributed by atoms with Gasteiger partial charge in [0.1, 0.15) is 0 Å². The van der Waals surface area contributed by atoms with Crippen molar-refractivity contribution in [3.63, 3.8) is 0 Å². The van der Waals surface area contributed by atoms with Gasteiger partial charge in [0.2, 0.25) is 17.7 Å². The number of amides is 3. The van der Waals surface area contributed by atoms with Crippen molar-refractivity contribution >= 4 is 29.1 Å². The van der Waals surface area contributed by atoms with Gasteiger partial charge in [-0.25, -0.2) is 0 Å². The summed E-state index contributed by atoms with van der Waals surface area (Å²) in [7, 11) is 0. The predicted molar refractivity (Wildman–Crippen MR) is 118 cm³/mol. The van der Waals surface area contributed by atoms with E-state index in [1.165, 1.54) is 32.6 Å². The molecule has 0 unspecified atom stereocenters. The first kappa shape index (κ1) is 22.3. The number of anilines is 2. The minimum Gasteiger partial charge on any atom is -0.338 e. The number of rotatable bonds is 7. The van der Waals surface area contributed by atoms with Crippen molar-refractivity contribution < 1.29 is 14.4 Å². The number of nitrogens with zero attached hydrogens (tertiary/aromatic N) is 2. The third-order valence-electron chi connectivity index (χ3n) is 6.23. The fourth-order valence-electron chi connectivity index (χ4n) is 4.74. The Morgan fingerprint density at radius 3 is 2.27 bits per heavy atom. The van der Waals surface area contributed by atoms with E-state index in [-0.39, 0.29) is 30.8 Å². The summed E-state index contributed by atoms with van der Waals surface area (Å²) in [5.74, 6) is 0.533. The van der Waals surface area contributed by atoms with Crippen molar-refractivity contribution in [2.45, 2.75) is 58.4 Å². The van der Waals surface area contributed by atoms with Gasteiger partial charge in [-0.1, -0.05) is 19.8 Å². The molecule has 2 N–H and O–H groups in total. The van der Waals surface area contributed by atoms with Gasteiger partial charge in [-0.15, -0.1) is 0 Å². The largest absolute Gasteiger partial charge is 0.338 e. The van der Waals surface area contributed by atoms with Crippen molar-refractivity contribution in [3.8, 4) is 0 Å². The molecule has 3 rings (SSSR count). The van der Waals surface area contributed by atoms with Crippen LogP contribution in [0.5, 0.6) is 0 Å². The summed E-state index contributed by atoms with van der Waals surface area (Å²) < 4.78 is 0. The van der Waals surface area contributed by atoms with Gasteiger partial charge in [-0.3, -0.25) is 19.3 Å². The van der Waals surface area contributed by atoms with Crippen molar-refractivity contribution in [1.82, 2.24) is 9.80 Å². The van der Waals surface area contributed by atoms with Crippen LogP contribution < -0.4 is 10.6 Å². The van der Waals surface area contributed by atoms with Crippen molar-refractivity contribution in [3.05, 3.63) is 24.3 Å². The first-order valence-corrected chi connectivity index (χ1v) is 11.2. The van der Waals surface area contributed by atoms with Crippen LogP contribution in [-0.4, -0.2) is 59.7 Å². The number of carbonyl (C=O) groups excluding carboxylic acids is 3. The average Bonchev–Trinajstić information content (AvgIpc) is 2.73. The first-order valence-electron chi connectivity index (χ1n) is 11.2. The van der Waals surface area contributed by atoms with Gasteiger partial charge in [0.25, 0.3) is 0 Å². The zero-order chi connectivity index (χ0) is 21.5. The summed E-state index contributed by atoms with van der Waals surface area (Å²) in [6, 6.07) is 7.39. The van der Waals surface area contributed by atoms with E-state index in [9.17, 15) is 14.4 Å². The van der Waals surface area contributed by atoms with Gasteiger partial charge in [-0.05, 0) is 62.4 Å². The molecular formula is C23H34N4O3. The third kappa shape index (κ3) is 6.05. The zero-order valence-electron chi connectivity index (χ0n) is 18.2. The molecule has 1 aromatic rings. The van der Waals surface area contributed by atoms with E-state index in [2.05, 4.69) is 15.5 Å². The normalized spacial score (nSPS) is 21.1. The molecule has 3 amide bonds. The van der Waals surface area contributed by atoms with Gasteiger partial charge in [0, 0.05) is 30.9 Å². The quantitative estimate of drug-likeness (QED) is 0.718. The number of piperidine rings is 1. The van der Waals surface area contributed by atoms with Gasteiger partial charge >= 0.3 is 0 Å². The lowest BCUT2D eigenvalue weighted by atomic mass is 9.78. The van der Waals surface area contributed by atoms with Crippen LogP contribution >= 0.6 is 0 Å². The third-order valence-corrected chi connectivity index (χ3v) is 6.23. The fourth-order valence-corrected chi connectivity index (χ4v) is 4.74. The number of likely N-dealkylation sites (N-methyl/N-ethyl adjacent to an activating group) is 1. The molecule has 2 fully saturated rings. The van der Waals surface area contributed by atoms with Gasteiger partial charge in [0.15, 0.2) is 0 Å². The van der Waals surface area contributed by atoms with Crippen LogP contribution in [0.1, 0.15) is 52.4 Å². The second kappa shape index (κ2) is 10.6. The van der Waals surface area contributed by atoms with Crippen LogP contribution in [0.25, 0.3) is 0 Å². The highest BCUT2D eigenvalue weighted by Gasteiger charge is 2.35. The standard InChI is InChI=1S/C23H34N4O3/c1-3-26(15-22(29)25-20-12-10-19(11-13-20)24-17(2)28)16-23(30)27-14-6-8-18-7-4-5-9-21(18)27/h10-13,18,21H,3-9,14-16H2,1-2H3,(H,24,28)(H,25,29)/t18-,21+/m1/s1. The molecule has 0 aromatic heterocycles. The molecule has 7 heteroatoms. The Morgan fingerprint density at radius 2 is 1.60 bits per heavy atom. The van der Waals surface area contributed by atoms with E-state index in [1.54, 1.807) is 24.3 Å². The number of benzene rings is 1. The first-order chi connectivity index (χ1) is 14.5. The Balaban J connectivity index is 1.51. The summed E-state index contributed by atoms with van der Waals surface area (Å²) in [6.45, 7) is 5.39. The summed E-state index contributed by atoms with van der Waals surface area (Å²) in [4.78, 5) is 40.6. The molecule has 0 bridgehead atoms. The summed E-state index contributed by atoms with van der Waals surface area (Å²) >= 11 is 0. The summed E-state index contributed by atoms with van der Waals surface area (Å²) in [5.41, 5.74) is 1.35. The smallest absolute Gasteiger partial charge is 0.238 e. The highest BCUT2D eigenvalue weighted by Crippen LogP contribution is 2.35. The average molecular weight is 415 g/mol. The van der Waals surface area contributed by atoms with Gasteiger partial charge in [-0.2, -0.15) is 0 Å². The number of nitrogens with one attached hydrogen (secondary N) is 2. The Kier molecular flexibility index (Phi) is 7.85. The Hall–Kier alpha value is -2.41. The number of fused-ring (bicyclic) bond motifs is 1. The van der Waals surface area contributed by atoms with E-state index in [4.69, 9.17) is 0 Å². The molecule has 1 aromatic carbocycles. The highest BCUT2D eigenvalue weighted by molar-refractivity contribution is 5.93. The minimum atomic E-state index is -0.147. The van der Waals surface area contributed by atoms with Crippen LogP contribution in [0, 0.1) is 5.92 Å². The fraction of sp³-hybridized carbons (Fsp3) is 0.609. The lowest BCUT2D eigenvalue weighted by Crippen LogP contribution is -2.52. The highest BCUT2D eigenvalue weighted by atomic mass is 16.2. The van der Waals surface area contributed by atoms with Crippen LogP contribution in [0.2, 0.25) is 0 Å². The van der Waals surface area contributed by atoms with Crippen LogP contribution in [0.3, 0.4) is 0 Å². The van der Waals surface area contributed by atoms with Crippen molar-refractivity contribution in [2.75, 3.05) is 36.8 Å². The number of hydrogen-bond acceptors (Lipinski definition) is 4. The molecule has 0 radical (unpaired) electrons. The second-order valence-electron chi connectivity index (χ2n) is 8.45. The number of likely N-dealkylation sites (tertiary alicyclic amines) is 1. The van der Waals surface area contributed by atoms with Gasteiger partial charge in [0.05, 0.1) is 13.1 Å². The topological polar surface area (TPSA) is 81.8 Å². The summed E-state index contributed by atoms with van der Waals surface area (Å²) in [6.07, 6.45) is 7.21. The molecule has 1 heterocycles. The maximum absolute atomic E-state index is 13.0. The number of carbonyl (C=O) groups is 3. The van der Waals surface area contributed by atoms with E-state index < -0.39 is 0 Å². The van der Waals surface area contributed by atoms with E-state index in [0.29, 0.717) is 29.9 Å². The zero-order valence-corrected chi connectivity index (χ0v) is 18.2. The Labute approximate surface area is 179 Å². The molecular weight excluding hydrogens is 380 g/mol. The SMILES string of the molecule is CCN(CC(=O)Nc1ccc(NC(C)=O)cc1)CC(=O)N1CCC[C@H]2CCCC[C@@H]21. The maximum atomic E-state index is 13.0. The lowest BCUT2D eigenvalue weighted by molar-refractivity contribution is -0.139. The predicted octanol–water partition coefficient (Wildman–Crippen LogP) is 3.09. The molecule has 30 heavy (non-hydrogen) atoms. The molecule has 164 valence electrons. The van der Waals surface area contributed by atoms with E-state index >= 15 is 0 Å².